The number of carbonyl (C=O) groups is 3. The van der Waals surface area contributed by atoms with Gasteiger partial charge in [0.25, 0.3) is 11.7 Å². The summed E-state index contributed by atoms with van der Waals surface area (Å²) in [6.07, 6.45) is 0.823. The summed E-state index contributed by atoms with van der Waals surface area (Å²) in [7, 11) is 0. The number of aliphatic hydroxyl groups is 1. The molecule has 4 rings (SSSR count). The maximum absolute atomic E-state index is 13.4. The van der Waals surface area contributed by atoms with Crippen LogP contribution < -0.4 is 14.4 Å². The van der Waals surface area contributed by atoms with Gasteiger partial charge in [-0.15, -0.1) is 0 Å². The molecule has 0 aliphatic carbocycles. The molecule has 0 spiro atoms. The summed E-state index contributed by atoms with van der Waals surface area (Å²) in [6.45, 7) is 7.54. The second-order valence-electron chi connectivity index (χ2n) is 8.77. The maximum Gasteiger partial charge on any atom is 0.308 e. The molecular weight excluding hydrogens is 470 g/mol. The van der Waals surface area contributed by atoms with Gasteiger partial charge in [0.1, 0.15) is 17.3 Å². The summed E-state index contributed by atoms with van der Waals surface area (Å²) < 4.78 is 10.8. The SMILES string of the molecule is CCOc1ccc(/C(O)=C2\C(=O)C(=O)N(c3ccc(CC)cc3)C2c2cccc(OC(C)=O)c2)cc1C. The van der Waals surface area contributed by atoms with Gasteiger partial charge < -0.3 is 14.6 Å². The lowest BCUT2D eigenvalue weighted by Gasteiger charge is -2.26. The Labute approximate surface area is 215 Å². The molecule has 1 amide bonds. The highest BCUT2D eigenvalue weighted by molar-refractivity contribution is 6.51. The molecule has 3 aromatic rings. The Hall–Kier alpha value is -4.39. The normalized spacial score (nSPS) is 16.6. The van der Waals surface area contributed by atoms with E-state index in [2.05, 4.69) is 0 Å². The van der Waals surface area contributed by atoms with Crippen molar-refractivity contribution in [1.29, 1.82) is 0 Å². The van der Waals surface area contributed by atoms with E-state index in [1.165, 1.54) is 11.8 Å². The largest absolute Gasteiger partial charge is 0.507 e. The van der Waals surface area contributed by atoms with E-state index < -0.39 is 23.7 Å². The number of aryl methyl sites for hydroxylation is 2. The lowest BCUT2D eigenvalue weighted by molar-refractivity contribution is -0.132. The number of rotatable bonds is 7. The number of Topliss-reactive ketones (excluding diaryl/α,β-unsaturated/α-hetero) is 1. The zero-order valence-corrected chi connectivity index (χ0v) is 21.3. The third-order valence-corrected chi connectivity index (χ3v) is 6.25. The summed E-state index contributed by atoms with van der Waals surface area (Å²) in [5.41, 5.74) is 3.24. The number of nitrogens with zero attached hydrogens (tertiary/aromatic N) is 1. The minimum absolute atomic E-state index is 0.0481. The summed E-state index contributed by atoms with van der Waals surface area (Å²) in [6, 6.07) is 18.2. The molecule has 7 heteroatoms. The molecule has 190 valence electrons. The maximum atomic E-state index is 13.4. The van der Waals surface area contributed by atoms with Crippen molar-refractivity contribution in [2.45, 2.75) is 40.2 Å². The Balaban J connectivity index is 1.91. The van der Waals surface area contributed by atoms with Crippen molar-refractivity contribution in [3.63, 3.8) is 0 Å². The van der Waals surface area contributed by atoms with Gasteiger partial charge in [-0.25, -0.2) is 0 Å². The van der Waals surface area contributed by atoms with Crippen molar-refractivity contribution in [3.8, 4) is 11.5 Å². The molecule has 1 aliphatic heterocycles. The highest BCUT2D eigenvalue weighted by atomic mass is 16.5. The van der Waals surface area contributed by atoms with E-state index >= 15 is 0 Å². The number of ether oxygens (including phenoxy) is 2. The van der Waals surface area contributed by atoms with Gasteiger partial charge in [0.2, 0.25) is 0 Å². The zero-order valence-electron chi connectivity index (χ0n) is 21.3. The predicted molar refractivity (Wildman–Crippen MR) is 141 cm³/mol. The van der Waals surface area contributed by atoms with E-state index in [1.807, 2.05) is 32.9 Å². The number of amides is 1. The average molecular weight is 500 g/mol. The molecule has 37 heavy (non-hydrogen) atoms. The molecule has 3 aromatic carbocycles. The third-order valence-electron chi connectivity index (χ3n) is 6.25. The van der Waals surface area contributed by atoms with Crippen LogP contribution in [0.2, 0.25) is 0 Å². The van der Waals surface area contributed by atoms with Gasteiger partial charge >= 0.3 is 5.97 Å². The monoisotopic (exact) mass is 499 g/mol. The van der Waals surface area contributed by atoms with Crippen molar-refractivity contribution in [1.82, 2.24) is 0 Å². The minimum atomic E-state index is -0.935. The number of aliphatic hydroxyl groups excluding tert-OH is 1. The van der Waals surface area contributed by atoms with E-state index in [4.69, 9.17) is 9.47 Å². The van der Waals surface area contributed by atoms with Gasteiger partial charge in [-0.3, -0.25) is 19.3 Å². The van der Waals surface area contributed by atoms with Crippen LogP contribution in [0.3, 0.4) is 0 Å². The quantitative estimate of drug-likeness (QED) is 0.152. The molecule has 0 bridgehead atoms. The second kappa shape index (κ2) is 10.7. The molecule has 1 unspecified atom stereocenters. The molecule has 1 fully saturated rings. The molecule has 0 aromatic heterocycles. The molecular formula is C30H29NO6. The van der Waals surface area contributed by atoms with E-state index in [0.29, 0.717) is 29.2 Å². The number of hydrogen-bond donors (Lipinski definition) is 1. The van der Waals surface area contributed by atoms with Crippen LogP contribution in [-0.4, -0.2) is 29.4 Å². The van der Waals surface area contributed by atoms with Crippen molar-refractivity contribution >= 4 is 29.1 Å². The zero-order chi connectivity index (χ0) is 26.7. The molecule has 1 heterocycles. The van der Waals surface area contributed by atoms with Gasteiger partial charge in [0, 0.05) is 18.2 Å². The number of hydrogen-bond acceptors (Lipinski definition) is 6. The van der Waals surface area contributed by atoms with Crippen LogP contribution in [0, 0.1) is 6.92 Å². The van der Waals surface area contributed by atoms with Crippen LogP contribution in [0.15, 0.2) is 72.3 Å². The van der Waals surface area contributed by atoms with Crippen LogP contribution >= 0.6 is 0 Å². The Morgan fingerprint density at radius 2 is 1.73 bits per heavy atom. The van der Waals surface area contributed by atoms with Gasteiger partial charge in [-0.1, -0.05) is 31.2 Å². The van der Waals surface area contributed by atoms with Gasteiger partial charge in [0.15, 0.2) is 0 Å². The number of esters is 1. The van der Waals surface area contributed by atoms with Crippen LogP contribution in [0.25, 0.3) is 5.76 Å². The number of ketones is 1. The second-order valence-corrected chi connectivity index (χ2v) is 8.77. The van der Waals surface area contributed by atoms with E-state index in [9.17, 15) is 19.5 Å². The third kappa shape index (κ3) is 5.11. The Morgan fingerprint density at radius 1 is 1.00 bits per heavy atom. The van der Waals surface area contributed by atoms with Gasteiger partial charge in [-0.2, -0.15) is 0 Å². The topological polar surface area (TPSA) is 93.1 Å². The lowest BCUT2D eigenvalue weighted by Crippen LogP contribution is -2.29. The summed E-state index contributed by atoms with van der Waals surface area (Å²) in [5, 5.41) is 11.4. The van der Waals surface area contributed by atoms with Crippen molar-refractivity contribution < 1.29 is 29.0 Å². The Bertz CT molecular complexity index is 1390. The average Bonchev–Trinajstić information content (AvgIpc) is 3.15. The fourth-order valence-electron chi connectivity index (χ4n) is 4.49. The fourth-order valence-corrected chi connectivity index (χ4v) is 4.49. The summed E-state index contributed by atoms with van der Waals surface area (Å²) in [5.74, 6) is -1.40. The van der Waals surface area contributed by atoms with E-state index in [-0.39, 0.29) is 17.1 Å². The molecule has 1 atom stereocenters. The molecule has 0 saturated carbocycles. The van der Waals surface area contributed by atoms with Gasteiger partial charge in [-0.05, 0) is 79.4 Å². The van der Waals surface area contributed by atoms with Crippen LogP contribution in [0.5, 0.6) is 11.5 Å². The van der Waals surface area contributed by atoms with Crippen molar-refractivity contribution in [2.24, 2.45) is 0 Å². The van der Waals surface area contributed by atoms with Crippen LogP contribution in [-0.2, 0) is 20.8 Å². The summed E-state index contributed by atoms with van der Waals surface area (Å²) >= 11 is 0. The molecule has 7 nitrogen and oxygen atoms in total. The molecule has 0 radical (unpaired) electrons. The highest BCUT2D eigenvalue weighted by Crippen LogP contribution is 2.43. The van der Waals surface area contributed by atoms with Crippen molar-refractivity contribution in [2.75, 3.05) is 11.5 Å². The molecule has 1 aliphatic rings. The molecule has 1 saturated heterocycles. The van der Waals surface area contributed by atoms with E-state index in [1.54, 1.807) is 54.6 Å². The first-order valence-electron chi connectivity index (χ1n) is 12.2. The minimum Gasteiger partial charge on any atom is -0.507 e. The number of benzene rings is 3. The fraction of sp³-hybridized carbons (Fsp3) is 0.233. The Morgan fingerprint density at radius 3 is 2.35 bits per heavy atom. The first-order valence-corrected chi connectivity index (χ1v) is 12.2. The molecule has 1 N–H and O–H groups in total. The number of anilines is 1. The van der Waals surface area contributed by atoms with Crippen LogP contribution in [0.4, 0.5) is 5.69 Å². The van der Waals surface area contributed by atoms with Crippen LogP contribution in [0.1, 0.15) is 49.1 Å². The predicted octanol–water partition coefficient (Wildman–Crippen LogP) is 5.51. The summed E-state index contributed by atoms with van der Waals surface area (Å²) in [4.78, 5) is 39.7. The first kappa shape index (κ1) is 25.7. The van der Waals surface area contributed by atoms with Gasteiger partial charge in [0.05, 0.1) is 18.2 Å². The standard InChI is InChI=1S/C30H29NO6/c1-5-20-10-13-23(14-11-20)31-27(21-8-7-9-24(17-21)37-19(4)32)26(29(34)30(31)35)28(33)22-12-15-25(36-6-2)18(3)16-22/h7-17,27,33H,5-6H2,1-4H3/b28-26+. The highest BCUT2D eigenvalue weighted by Gasteiger charge is 2.47. The lowest BCUT2D eigenvalue weighted by atomic mass is 9.94. The number of carbonyl (C=O) groups excluding carboxylic acids is 3. The Kier molecular flexibility index (Phi) is 7.43. The first-order chi connectivity index (χ1) is 17.7. The smallest absolute Gasteiger partial charge is 0.308 e. The van der Waals surface area contributed by atoms with Crippen molar-refractivity contribution in [3.05, 3.63) is 94.6 Å². The van der Waals surface area contributed by atoms with E-state index in [0.717, 1.165) is 17.5 Å².